The van der Waals surface area contributed by atoms with Gasteiger partial charge in [0.1, 0.15) is 5.82 Å². The largest absolute Gasteiger partial charge is 0.338 e. The molecular formula is C18H18ClFN2O. The lowest BCUT2D eigenvalue weighted by molar-refractivity contribution is 0.0782. The molecule has 1 aliphatic rings. The van der Waals surface area contributed by atoms with E-state index in [1.165, 1.54) is 18.2 Å². The van der Waals surface area contributed by atoms with E-state index >= 15 is 0 Å². The second kappa shape index (κ2) is 6.69. The molecule has 0 radical (unpaired) electrons. The fraction of sp³-hybridized carbons (Fsp3) is 0.278. The number of amides is 1. The van der Waals surface area contributed by atoms with E-state index in [0.717, 1.165) is 5.56 Å². The second-order valence-corrected chi connectivity index (χ2v) is 6.23. The molecule has 3 nitrogen and oxygen atoms in total. The molecule has 120 valence electrons. The number of benzene rings is 2. The Balaban J connectivity index is 1.86. The Morgan fingerprint density at radius 3 is 2.57 bits per heavy atom. The van der Waals surface area contributed by atoms with Crippen LogP contribution in [-0.2, 0) is 0 Å². The fourth-order valence-corrected chi connectivity index (χ4v) is 3.46. The maximum atomic E-state index is 14.0. The molecule has 2 atom stereocenters. The number of rotatable bonds is 3. The van der Waals surface area contributed by atoms with Gasteiger partial charge in [-0.25, -0.2) is 4.39 Å². The maximum Gasteiger partial charge on any atom is 0.258 e. The molecule has 0 aliphatic carbocycles. The molecule has 0 bridgehead atoms. The minimum Gasteiger partial charge on any atom is -0.338 e. The molecule has 1 saturated heterocycles. The van der Waals surface area contributed by atoms with Gasteiger partial charge in [0.05, 0.1) is 10.6 Å². The number of halogens is 2. The van der Waals surface area contributed by atoms with E-state index in [1.54, 1.807) is 4.90 Å². The van der Waals surface area contributed by atoms with Crippen LogP contribution in [0.15, 0.2) is 48.5 Å². The van der Waals surface area contributed by atoms with Crippen LogP contribution in [0.5, 0.6) is 0 Å². The molecule has 0 unspecified atom stereocenters. The normalized spacial score (nSPS) is 20.7. The number of likely N-dealkylation sites (tertiary alicyclic amines) is 1. The fourth-order valence-electron chi connectivity index (χ4n) is 3.21. The third kappa shape index (κ3) is 3.09. The number of nitrogens with zero attached hydrogens (tertiary/aromatic N) is 1. The van der Waals surface area contributed by atoms with Gasteiger partial charge in [0, 0.05) is 19.0 Å². The lowest BCUT2D eigenvalue weighted by atomic mass is 9.89. The minimum atomic E-state index is -0.588. The quantitative estimate of drug-likeness (QED) is 0.937. The molecule has 1 heterocycles. The predicted octanol–water partition coefficient (Wildman–Crippen LogP) is 3.29. The lowest BCUT2D eigenvalue weighted by Gasteiger charge is -2.18. The van der Waals surface area contributed by atoms with E-state index in [1.807, 2.05) is 30.3 Å². The highest BCUT2D eigenvalue weighted by Crippen LogP contribution is 2.33. The van der Waals surface area contributed by atoms with Crippen LogP contribution in [0.4, 0.5) is 4.39 Å². The summed E-state index contributed by atoms with van der Waals surface area (Å²) in [6.45, 7) is 1.52. The molecule has 1 amide bonds. The number of hydrogen-bond donors (Lipinski definition) is 1. The van der Waals surface area contributed by atoms with Crippen LogP contribution in [0.1, 0.15) is 21.8 Å². The molecule has 2 aromatic carbocycles. The average Bonchev–Trinajstić information content (AvgIpc) is 3.00. The van der Waals surface area contributed by atoms with Crippen molar-refractivity contribution in [3.05, 3.63) is 70.5 Å². The Morgan fingerprint density at radius 2 is 1.91 bits per heavy atom. The van der Waals surface area contributed by atoms with Crippen molar-refractivity contribution in [2.45, 2.75) is 5.92 Å². The smallest absolute Gasteiger partial charge is 0.258 e. The van der Waals surface area contributed by atoms with E-state index in [0.29, 0.717) is 19.6 Å². The zero-order valence-corrected chi connectivity index (χ0v) is 13.3. The summed E-state index contributed by atoms with van der Waals surface area (Å²) in [5.41, 5.74) is 6.98. The van der Waals surface area contributed by atoms with Crippen molar-refractivity contribution in [2.75, 3.05) is 19.6 Å². The van der Waals surface area contributed by atoms with Crippen LogP contribution in [0, 0.1) is 11.7 Å². The molecule has 1 fully saturated rings. The Kier molecular flexibility index (Phi) is 4.64. The van der Waals surface area contributed by atoms with Gasteiger partial charge in [0.2, 0.25) is 0 Å². The first-order valence-corrected chi connectivity index (χ1v) is 7.98. The highest BCUT2D eigenvalue weighted by atomic mass is 35.5. The molecule has 1 aliphatic heterocycles. The Labute approximate surface area is 139 Å². The summed E-state index contributed by atoms with van der Waals surface area (Å²) in [6.07, 6.45) is 0. The first-order chi connectivity index (χ1) is 11.1. The molecule has 5 heteroatoms. The van der Waals surface area contributed by atoms with Crippen LogP contribution >= 0.6 is 11.6 Å². The van der Waals surface area contributed by atoms with Crippen molar-refractivity contribution in [1.82, 2.24) is 4.90 Å². The van der Waals surface area contributed by atoms with Crippen molar-refractivity contribution in [3.63, 3.8) is 0 Å². The molecule has 23 heavy (non-hydrogen) atoms. The summed E-state index contributed by atoms with van der Waals surface area (Å²) in [4.78, 5) is 14.3. The molecular weight excluding hydrogens is 315 g/mol. The van der Waals surface area contributed by atoms with Crippen molar-refractivity contribution >= 4 is 17.5 Å². The average molecular weight is 333 g/mol. The van der Waals surface area contributed by atoms with Gasteiger partial charge in [0.25, 0.3) is 5.91 Å². The molecule has 0 saturated carbocycles. The first kappa shape index (κ1) is 16.0. The van der Waals surface area contributed by atoms with Crippen molar-refractivity contribution in [3.8, 4) is 0 Å². The Morgan fingerprint density at radius 1 is 1.17 bits per heavy atom. The third-order valence-corrected chi connectivity index (χ3v) is 4.75. The molecule has 0 aromatic heterocycles. The molecule has 3 rings (SSSR count). The van der Waals surface area contributed by atoms with Gasteiger partial charge in [-0.15, -0.1) is 0 Å². The van der Waals surface area contributed by atoms with Crippen LogP contribution in [0.25, 0.3) is 0 Å². The lowest BCUT2D eigenvalue weighted by Crippen LogP contribution is -2.30. The summed E-state index contributed by atoms with van der Waals surface area (Å²) in [5.74, 6) is -0.637. The van der Waals surface area contributed by atoms with Crippen molar-refractivity contribution < 1.29 is 9.18 Å². The third-order valence-electron chi connectivity index (χ3n) is 4.44. The summed E-state index contributed by atoms with van der Waals surface area (Å²) >= 11 is 6.01. The summed E-state index contributed by atoms with van der Waals surface area (Å²) in [6, 6.07) is 14.3. The van der Waals surface area contributed by atoms with Gasteiger partial charge in [-0.1, -0.05) is 48.0 Å². The van der Waals surface area contributed by atoms with Gasteiger partial charge in [-0.3, -0.25) is 4.79 Å². The maximum absolute atomic E-state index is 14.0. The molecule has 2 aromatic rings. The second-order valence-electron chi connectivity index (χ2n) is 5.82. The van der Waals surface area contributed by atoms with Crippen LogP contribution in [0.2, 0.25) is 5.02 Å². The van der Waals surface area contributed by atoms with Crippen LogP contribution in [-0.4, -0.2) is 30.4 Å². The summed E-state index contributed by atoms with van der Waals surface area (Å²) in [7, 11) is 0. The van der Waals surface area contributed by atoms with E-state index in [9.17, 15) is 9.18 Å². The zero-order valence-electron chi connectivity index (χ0n) is 12.6. The number of hydrogen-bond acceptors (Lipinski definition) is 2. The van der Waals surface area contributed by atoms with E-state index in [4.69, 9.17) is 17.3 Å². The highest BCUT2D eigenvalue weighted by Gasteiger charge is 2.36. The SMILES string of the molecule is NC[C@@H]1CN(C(=O)c2c(F)cccc2Cl)C[C@H]1c1ccccc1. The first-order valence-electron chi connectivity index (χ1n) is 7.60. The monoisotopic (exact) mass is 332 g/mol. The number of carbonyl (C=O) groups is 1. The van der Waals surface area contributed by atoms with Gasteiger partial charge >= 0.3 is 0 Å². The van der Waals surface area contributed by atoms with Crippen molar-refractivity contribution in [1.29, 1.82) is 0 Å². The van der Waals surface area contributed by atoms with Crippen molar-refractivity contribution in [2.24, 2.45) is 11.7 Å². The number of nitrogens with two attached hydrogens (primary N) is 1. The van der Waals surface area contributed by atoms with E-state index in [2.05, 4.69) is 0 Å². The minimum absolute atomic E-state index is 0.0568. The molecule has 2 N–H and O–H groups in total. The molecule has 0 spiro atoms. The van der Waals surface area contributed by atoms with Gasteiger partial charge < -0.3 is 10.6 Å². The van der Waals surface area contributed by atoms with Gasteiger partial charge in [-0.2, -0.15) is 0 Å². The summed E-state index contributed by atoms with van der Waals surface area (Å²) < 4.78 is 14.0. The van der Waals surface area contributed by atoms with E-state index < -0.39 is 5.82 Å². The van der Waals surface area contributed by atoms with Crippen LogP contribution < -0.4 is 5.73 Å². The van der Waals surface area contributed by atoms with Gasteiger partial charge in [-0.05, 0) is 30.2 Å². The topological polar surface area (TPSA) is 46.3 Å². The Hall–Kier alpha value is -1.91. The standard InChI is InChI=1S/C18H18ClFN2O/c19-15-7-4-8-16(20)17(15)18(23)22-10-13(9-21)14(11-22)12-5-2-1-3-6-12/h1-8,13-14H,9-11,21H2/t13-,14+/m1/s1. The predicted molar refractivity (Wildman–Crippen MR) is 89.0 cm³/mol. The van der Waals surface area contributed by atoms with Gasteiger partial charge in [0.15, 0.2) is 0 Å². The highest BCUT2D eigenvalue weighted by molar-refractivity contribution is 6.33. The van der Waals surface area contributed by atoms with Crippen LogP contribution in [0.3, 0.4) is 0 Å². The Bertz CT molecular complexity index is 687. The number of carbonyl (C=O) groups excluding carboxylic acids is 1. The summed E-state index contributed by atoms with van der Waals surface area (Å²) in [5, 5.41) is 0.141. The van der Waals surface area contributed by atoms with E-state index in [-0.39, 0.29) is 28.3 Å². The zero-order chi connectivity index (χ0) is 16.4.